The summed E-state index contributed by atoms with van der Waals surface area (Å²) in [6.45, 7) is 0.289. The van der Waals surface area contributed by atoms with Crippen molar-refractivity contribution in [3.05, 3.63) is 65.7 Å². The predicted molar refractivity (Wildman–Crippen MR) is 86.0 cm³/mol. The first-order chi connectivity index (χ1) is 9.79. The summed E-state index contributed by atoms with van der Waals surface area (Å²) in [7, 11) is 1.00. The molecule has 2 aromatic rings. The Morgan fingerprint density at radius 3 is 2.20 bits per heavy atom. The van der Waals surface area contributed by atoms with Crippen LogP contribution in [0.4, 0.5) is 0 Å². The molecule has 0 saturated heterocycles. The van der Waals surface area contributed by atoms with Crippen LogP contribution in [0.2, 0.25) is 0 Å². The molecule has 0 spiro atoms. The minimum Gasteiger partial charge on any atom is -0.487 e. The van der Waals surface area contributed by atoms with Gasteiger partial charge in [-0.1, -0.05) is 58.4 Å². The van der Waals surface area contributed by atoms with Crippen molar-refractivity contribution >= 4 is 21.6 Å². The van der Waals surface area contributed by atoms with Gasteiger partial charge in [-0.15, -0.1) is 0 Å². The van der Waals surface area contributed by atoms with Gasteiger partial charge in [0.1, 0.15) is 12.4 Å². The highest BCUT2D eigenvalue weighted by molar-refractivity contribution is 9.08. The fraction of sp³-hybridized carbons (Fsp3) is 0.188. The highest BCUT2D eigenvalue weighted by Crippen LogP contribution is 2.14. The van der Waals surface area contributed by atoms with Gasteiger partial charge in [0, 0.05) is 12.4 Å². The number of alkyl halides is 1. The summed E-state index contributed by atoms with van der Waals surface area (Å²) in [5.41, 5.74) is 2.59. The number of aliphatic hydroxyl groups excluding tert-OH is 1. The molecule has 0 aromatic heterocycles. The SMILES string of the molecule is CO.N=C(COc1ccc(CBr)cc1)c1ccccc1. The Labute approximate surface area is 127 Å². The summed E-state index contributed by atoms with van der Waals surface area (Å²) in [5, 5.41) is 15.8. The minimum absolute atomic E-state index is 0.289. The van der Waals surface area contributed by atoms with Crippen LogP contribution in [-0.2, 0) is 5.33 Å². The van der Waals surface area contributed by atoms with Crippen molar-refractivity contribution in [2.45, 2.75) is 5.33 Å². The lowest BCUT2D eigenvalue weighted by Crippen LogP contribution is -2.11. The average molecular weight is 336 g/mol. The minimum atomic E-state index is 0.289. The molecule has 20 heavy (non-hydrogen) atoms. The molecule has 0 atom stereocenters. The van der Waals surface area contributed by atoms with Crippen molar-refractivity contribution in [3.63, 3.8) is 0 Å². The van der Waals surface area contributed by atoms with Gasteiger partial charge in [0.25, 0.3) is 0 Å². The van der Waals surface area contributed by atoms with Crippen LogP contribution in [-0.4, -0.2) is 24.5 Å². The molecule has 2 rings (SSSR count). The van der Waals surface area contributed by atoms with Crippen LogP contribution in [0.25, 0.3) is 0 Å². The Kier molecular flexibility index (Phi) is 7.62. The molecule has 4 heteroatoms. The van der Waals surface area contributed by atoms with E-state index in [-0.39, 0.29) is 6.61 Å². The summed E-state index contributed by atoms with van der Waals surface area (Å²) in [4.78, 5) is 0. The van der Waals surface area contributed by atoms with Crippen LogP contribution < -0.4 is 4.74 Å². The molecule has 2 aromatic carbocycles. The molecule has 0 aliphatic carbocycles. The van der Waals surface area contributed by atoms with E-state index in [0.717, 1.165) is 23.8 Å². The number of ether oxygens (including phenoxy) is 1. The van der Waals surface area contributed by atoms with Crippen LogP contribution in [0.15, 0.2) is 54.6 Å². The molecule has 0 unspecified atom stereocenters. The molecule has 0 amide bonds. The Balaban J connectivity index is 0.000000956. The smallest absolute Gasteiger partial charge is 0.130 e. The van der Waals surface area contributed by atoms with Gasteiger partial charge in [-0.05, 0) is 23.3 Å². The Hall–Kier alpha value is -1.65. The van der Waals surface area contributed by atoms with E-state index in [1.165, 1.54) is 5.56 Å². The lowest BCUT2D eigenvalue weighted by molar-refractivity contribution is 0.376. The quantitative estimate of drug-likeness (QED) is 0.647. The molecule has 0 aliphatic heterocycles. The maximum Gasteiger partial charge on any atom is 0.130 e. The van der Waals surface area contributed by atoms with Crippen molar-refractivity contribution in [3.8, 4) is 5.75 Å². The van der Waals surface area contributed by atoms with Crippen molar-refractivity contribution in [1.29, 1.82) is 5.41 Å². The monoisotopic (exact) mass is 335 g/mol. The average Bonchev–Trinajstić information content (AvgIpc) is 2.55. The summed E-state index contributed by atoms with van der Waals surface area (Å²) in [6, 6.07) is 17.5. The van der Waals surface area contributed by atoms with Gasteiger partial charge in [0.2, 0.25) is 0 Å². The Bertz CT molecular complexity index is 512. The molecular weight excluding hydrogens is 318 g/mol. The molecule has 3 nitrogen and oxygen atoms in total. The van der Waals surface area contributed by atoms with Gasteiger partial charge in [-0.2, -0.15) is 0 Å². The third-order valence-corrected chi connectivity index (χ3v) is 3.23. The third-order valence-electron chi connectivity index (χ3n) is 2.58. The van der Waals surface area contributed by atoms with Crippen LogP contribution in [0, 0.1) is 5.41 Å². The van der Waals surface area contributed by atoms with Crippen molar-refractivity contribution in [2.24, 2.45) is 0 Å². The van der Waals surface area contributed by atoms with E-state index in [1.807, 2.05) is 54.6 Å². The first-order valence-corrected chi connectivity index (χ1v) is 7.27. The van der Waals surface area contributed by atoms with E-state index in [2.05, 4.69) is 15.9 Å². The highest BCUT2D eigenvalue weighted by atomic mass is 79.9. The maximum atomic E-state index is 7.92. The van der Waals surface area contributed by atoms with E-state index in [9.17, 15) is 0 Å². The van der Waals surface area contributed by atoms with Crippen LogP contribution in [0.3, 0.4) is 0 Å². The second-order valence-electron chi connectivity index (χ2n) is 3.91. The first-order valence-electron chi connectivity index (χ1n) is 6.15. The van der Waals surface area contributed by atoms with Gasteiger partial charge in [0.05, 0.1) is 5.71 Å². The number of nitrogens with one attached hydrogen (secondary N) is 1. The van der Waals surface area contributed by atoms with Crippen molar-refractivity contribution in [1.82, 2.24) is 0 Å². The zero-order chi connectivity index (χ0) is 14.8. The Morgan fingerprint density at radius 1 is 1.05 bits per heavy atom. The zero-order valence-electron chi connectivity index (χ0n) is 11.3. The normalized spacial score (nSPS) is 9.35. The summed E-state index contributed by atoms with van der Waals surface area (Å²) >= 11 is 3.40. The molecular formula is C16H18BrNO2. The second kappa shape index (κ2) is 9.28. The van der Waals surface area contributed by atoms with E-state index in [1.54, 1.807) is 0 Å². The van der Waals surface area contributed by atoms with Crippen molar-refractivity contribution in [2.75, 3.05) is 13.7 Å². The van der Waals surface area contributed by atoms with Gasteiger partial charge in [-0.3, -0.25) is 0 Å². The number of benzene rings is 2. The summed E-state index contributed by atoms with van der Waals surface area (Å²) < 4.78 is 5.58. The zero-order valence-corrected chi connectivity index (χ0v) is 12.9. The number of aliphatic hydroxyl groups is 1. The summed E-state index contributed by atoms with van der Waals surface area (Å²) in [5.74, 6) is 0.792. The van der Waals surface area contributed by atoms with Crippen molar-refractivity contribution < 1.29 is 9.84 Å². The number of rotatable bonds is 5. The van der Waals surface area contributed by atoms with Gasteiger partial charge in [0.15, 0.2) is 0 Å². The fourth-order valence-corrected chi connectivity index (χ4v) is 1.93. The topological polar surface area (TPSA) is 53.3 Å². The van der Waals surface area contributed by atoms with E-state index in [0.29, 0.717) is 5.71 Å². The largest absolute Gasteiger partial charge is 0.487 e. The first kappa shape index (κ1) is 16.4. The molecule has 0 aliphatic rings. The Morgan fingerprint density at radius 2 is 1.65 bits per heavy atom. The van der Waals surface area contributed by atoms with E-state index < -0.39 is 0 Å². The lowest BCUT2D eigenvalue weighted by Gasteiger charge is -2.08. The standard InChI is InChI=1S/C15H14BrNO.CH4O/c16-10-12-6-8-14(9-7-12)18-11-15(17)13-4-2-1-3-5-13;1-2/h1-9,17H,10-11H2;2H,1H3. The second-order valence-corrected chi connectivity index (χ2v) is 4.47. The number of halogens is 1. The van der Waals surface area contributed by atoms with Gasteiger partial charge < -0.3 is 15.3 Å². The predicted octanol–water partition coefficient (Wildman–Crippen LogP) is 3.64. The number of hydrogen-bond donors (Lipinski definition) is 2. The molecule has 0 bridgehead atoms. The molecule has 106 valence electrons. The summed E-state index contributed by atoms with van der Waals surface area (Å²) in [6.07, 6.45) is 0. The van der Waals surface area contributed by atoms with Gasteiger partial charge in [-0.25, -0.2) is 0 Å². The van der Waals surface area contributed by atoms with E-state index in [4.69, 9.17) is 15.3 Å². The molecule has 0 heterocycles. The highest BCUT2D eigenvalue weighted by Gasteiger charge is 2.01. The van der Waals surface area contributed by atoms with Crippen LogP contribution >= 0.6 is 15.9 Å². The van der Waals surface area contributed by atoms with Gasteiger partial charge >= 0.3 is 0 Å². The van der Waals surface area contributed by atoms with E-state index >= 15 is 0 Å². The lowest BCUT2D eigenvalue weighted by atomic mass is 10.1. The third kappa shape index (κ3) is 5.15. The van der Waals surface area contributed by atoms with Crippen LogP contribution in [0.5, 0.6) is 5.75 Å². The molecule has 0 saturated carbocycles. The maximum absolute atomic E-state index is 7.92. The molecule has 0 fully saturated rings. The number of hydrogen-bond acceptors (Lipinski definition) is 3. The molecule has 0 radical (unpaired) electrons. The van der Waals surface area contributed by atoms with Crippen LogP contribution in [0.1, 0.15) is 11.1 Å². The molecule has 2 N–H and O–H groups in total. The fourth-order valence-electron chi connectivity index (χ4n) is 1.55.